The molecule has 130 valence electrons. The molecule has 4 aromatic rings. The molecule has 0 aliphatic carbocycles. The first-order valence-electron chi connectivity index (χ1n) is 8.30. The molecule has 26 heavy (non-hydrogen) atoms. The Balaban J connectivity index is 2.14. The molecular weight excluding hydrogens is 350 g/mol. The van der Waals surface area contributed by atoms with Crippen LogP contribution in [0, 0.1) is 0 Å². The van der Waals surface area contributed by atoms with Gasteiger partial charge in [-0.1, -0.05) is 54.1 Å². The number of hydrogen-bond donors (Lipinski definition) is 2. The zero-order chi connectivity index (χ0) is 18.3. The van der Waals surface area contributed by atoms with Gasteiger partial charge < -0.3 is 14.8 Å². The topological polar surface area (TPSA) is 62.3 Å². The number of H-pyrrole nitrogens is 1. The second-order valence-electron chi connectivity index (χ2n) is 5.94. The van der Waals surface area contributed by atoms with Gasteiger partial charge in [0.25, 0.3) is 0 Å². The quantitative estimate of drug-likeness (QED) is 0.469. The number of benzene rings is 3. The number of aromatic amines is 1. The predicted molar refractivity (Wildman–Crippen MR) is 104 cm³/mol. The minimum atomic E-state index is -0.455. The van der Waals surface area contributed by atoms with Crippen LogP contribution in [-0.2, 0) is 4.74 Å². The molecule has 0 amide bonds. The average molecular weight is 366 g/mol. The molecule has 0 aliphatic heterocycles. The Morgan fingerprint density at radius 1 is 1.08 bits per heavy atom. The highest BCUT2D eigenvalue weighted by Crippen LogP contribution is 2.40. The van der Waals surface area contributed by atoms with Crippen molar-refractivity contribution in [2.45, 2.75) is 6.92 Å². The molecule has 1 heterocycles. The zero-order valence-corrected chi connectivity index (χ0v) is 14.8. The first kappa shape index (κ1) is 16.5. The van der Waals surface area contributed by atoms with Crippen molar-refractivity contribution in [3.05, 3.63) is 65.2 Å². The number of aromatic hydroxyl groups is 1. The van der Waals surface area contributed by atoms with Crippen LogP contribution in [0.2, 0.25) is 5.02 Å². The van der Waals surface area contributed by atoms with E-state index in [1.807, 2.05) is 42.5 Å². The number of ether oxygens (including phenoxy) is 1. The standard InChI is InChI=1S/C21H16ClNO3/c1-2-26-21(25)18-15-11-17(24)12-7-3-4-8-13(12)19(15)23-20(18)14-9-5-6-10-16(14)22/h3-11,23-24H,2H2,1H3. The molecule has 5 heteroatoms. The molecule has 1 aromatic heterocycles. The molecule has 0 unspecified atom stereocenters. The van der Waals surface area contributed by atoms with Gasteiger partial charge in [-0.2, -0.15) is 0 Å². The Bertz CT molecular complexity index is 1150. The van der Waals surface area contributed by atoms with E-state index in [1.165, 1.54) is 0 Å². The molecule has 0 aliphatic rings. The van der Waals surface area contributed by atoms with Crippen LogP contribution in [0.1, 0.15) is 17.3 Å². The highest BCUT2D eigenvalue weighted by Gasteiger charge is 2.24. The van der Waals surface area contributed by atoms with Gasteiger partial charge in [0, 0.05) is 26.7 Å². The normalized spacial score (nSPS) is 11.2. The largest absolute Gasteiger partial charge is 0.507 e. The molecule has 2 N–H and O–H groups in total. The maximum atomic E-state index is 12.7. The number of carbonyl (C=O) groups is 1. The molecular formula is C21H16ClNO3. The van der Waals surface area contributed by atoms with Crippen LogP contribution in [0.25, 0.3) is 32.9 Å². The Morgan fingerprint density at radius 2 is 1.77 bits per heavy atom. The van der Waals surface area contributed by atoms with Crippen molar-refractivity contribution < 1.29 is 14.6 Å². The van der Waals surface area contributed by atoms with Gasteiger partial charge in [0.05, 0.1) is 23.4 Å². The minimum absolute atomic E-state index is 0.114. The van der Waals surface area contributed by atoms with Crippen LogP contribution in [0.5, 0.6) is 5.75 Å². The summed E-state index contributed by atoms with van der Waals surface area (Å²) in [5.41, 5.74) is 2.42. The SMILES string of the molecule is CCOC(=O)c1c(-c2ccccc2Cl)[nH]c2c1cc(O)c1ccccc12. The van der Waals surface area contributed by atoms with E-state index in [1.54, 1.807) is 19.1 Å². The first-order chi connectivity index (χ1) is 12.6. The van der Waals surface area contributed by atoms with Gasteiger partial charge in [-0.15, -0.1) is 0 Å². The zero-order valence-electron chi connectivity index (χ0n) is 14.0. The van der Waals surface area contributed by atoms with Crippen molar-refractivity contribution in [3.63, 3.8) is 0 Å². The number of fused-ring (bicyclic) bond motifs is 3. The lowest BCUT2D eigenvalue weighted by molar-refractivity contribution is 0.0529. The number of nitrogens with one attached hydrogen (secondary N) is 1. The molecule has 0 radical (unpaired) electrons. The number of carbonyl (C=O) groups excluding carboxylic acids is 1. The van der Waals surface area contributed by atoms with E-state index in [2.05, 4.69) is 4.98 Å². The first-order valence-corrected chi connectivity index (χ1v) is 8.68. The summed E-state index contributed by atoms with van der Waals surface area (Å²) in [4.78, 5) is 16.0. The van der Waals surface area contributed by atoms with E-state index in [-0.39, 0.29) is 12.4 Å². The fourth-order valence-corrected chi connectivity index (χ4v) is 3.52. The summed E-state index contributed by atoms with van der Waals surface area (Å²) >= 11 is 6.37. The molecule has 0 saturated heterocycles. The molecule has 0 bridgehead atoms. The van der Waals surface area contributed by atoms with E-state index in [4.69, 9.17) is 16.3 Å². The predicted octanol–water partition coefficient (Wildman–Crippen LogP) is 5.52. The number of halogens is 1. The minimum Gasteiger partial charge on any atom is -0.507 e. The van der Waals surface area contributed by atoms with E-state index in [0.29, 0.717) is 32.6 Å². The monoisotopic (exact) mass is 365 g/mol. The number of phenols is 1. The summed E-state index contributed by atoms with van der Waals surface area (Å²) in [5.74, 6) is -0.341. The smallest absolute Gasteiger partial charge is 0.340 e. The van der Waals surface area contributed by atoms with E-state index < -0.39 is 5.97 Å². The summed E-state index contributed by atoms with van der Waals surface area (Å²) < 4.78 is 5.26. The van der Waals surface area contributed by atoms with Gasteiger partial charge in [-0.3, -0.25) is 0 Å². The van der Waals surface area contributed by atoms with Crippen molar-refractivity contribution >= 4 is 39.2 Å². The molecule has 0 atom stereocenters. The lowest BCUT2D eigenvalue weighted by Crippen LogP contribution is -2.05. The van der Waals surface area contributed by atoms with E-state index >= 15 is 0 Å². The highest BCUT2D eigenvalue weighted by atomic mass is 35.5. The van der Waals surface area contributed by atoms with Crippen molar-refractivity contribution in [2.75, 3.05) is 6.61 Å². The van der Waals surface area contributed by atoms with Crippen LogP contribution in [-0.4, -0.2) is 22.7 Å². The Morgan fingerprint density at radius 3 is 2.50 bits per heavy atom. The Kier molecular flexibility index (Phi) is 4.05. The lowest BCUT2D eigenvalue weighted by Gasteiger charge is -2.06. The third kappa shape index (κ3) is 2.50. The van der Waals surface area contributed by atoms with Crippen LogP contribution in [0.4, 0.5) is 0 Å². The second-order valence-corrected chi connectivity index (χ2v) is 6.35. The summed E-state index contributed by atoms with van der Waals surface area (Å²) in [6.45, 7) is 2.02. The Labute approximate surface area is 155 Å². The molecule has 4 rings (SSSR count). The summed E-state index contributed by atoms with van der Waals surface area (Å²) in [5, 5.41) is 13.1. The number of hydrogen-bond acceptors (Lipinski definition) is 3. The highest BCUT2D eigenvalue weighted by molar-refractivity contribution is 6.33. The summed E-state index contributed by atoms with van der Waals surface area (Å²) in [7, 11) is 0. The van der Waals surface area contributed by atoms with Gasteiger partial charge in [0.15, 0.2) is 0 Å². The lowest BCUT2D eigenvalue weighted by atomic mass is 10.0. The molecule has 0 spiro atoms. The van der Waals surface area contributed by atoms with Gasteiger partial charge in [0.2, 0.25) is 0 Å². The van der Waals surface area contributed by atoms with Crippen LogP contribution >= 0.6 is 11.6 Å². The fourth-order valence-electron chi connectivity index (χ4n) is 3.29. The van der Waals surface area contributed by atoms with Gasteiger partial charge in [-0.05, 0) is 19.1 Å². The number of aromatic nitrogens is 1. The number of esters is 1. The maximum absolute atomic E-state index is 12.7. The maximum Gasteiger partial charge on any atom is 0.340 e. The third-order valence-corrected chi connectivity index (χ3v) is 4.74. The number of phenolic OH excluding ortho intramolecular Hbond substituents is 1. The molecule has 3 aromatic carbocycles. The van der Waals surface area contributed by atoms with Crippen molar-refractivity contribution in [2.24, 2.45) is 0 Å². The summed E-state index contributed by atoms with van der Waals surface area (Å²) in [6.07, 6.45) is 0. The fraction of sp³-hybridized carbons (Fsp3) is 0.0952. The number of rotatable bonds is 3. The van der Waals surface area contributed by atoms with Gasteiger partial charge in [-0.25, -0.2) is 4.79 Å². The van der Waals surface area contributed by atoms with Crippen LogP contribution < -0.4 is 0 Å². The van der Waals surface area contributed by atoms with Crippen molar-refractivity contribution in [1.29, 1.82) is 0 Å². The molecule has 0 fully saturated rings. The van der Waals surface area contributed by atoms with E-state index in [0.717, 1.165) is 10.9 Å². The second kappa shape index (κ2) is 6.39. The van der Waals surface area contributed by atoms with Crippen molar-refractivity contribution in [3.8, 4) is 17.0 Å². The van der Waals surface area contributed by atoms with Crippen LogP contribution in [0.3, 0.4) is 0 Å². The van der Waals surface area contributed by atoms with Gasteiger partial charge in [0.1, 0.15) is 5.75 Å². The van der Waals surface area contributed by atoms with Gasteiger partial charge >= 0.3 is 5.97 Å². The van der Waals surface area contributed by atoms with Crippen LogP contribution in [0.15, 0.2) is 54.6 Å². The third-order valence-electron chi connectivity index (χ3n) is 4.41. The Hall–Kier alpha value is -2.98. The van der Waals surface area contributed by atoms with E-state index in [9.17, 15) is 9.90 Å². The summed E-state index contributed by atoms with van der Waals surface area (Å²) in [6, 6.07) is 16.4. The average Bonchev–Trinajstić information content (AvgIpc) is 3.02. The van der Waals surface area contributed by atoms with Crippen molar-refractivity contribution in [1.82, 2.24) is 4.98 Å². The molecule has 0 saturated carbocycles. The molecule has 4 nitrogen and oxygen atoms in total.